The van der Waals surface area contributed by atoms with Crippen molar-refractivity contribution in [2.24, 2.45) is 0 Å². The van der Waals surface area contributed by atoms with Crippen molar-refractivity contribution in [3.63, 3.8) is 0 Å². The van der Waals surface area contributed by atoms with Crippen molar-refractivity contribution in [2.45, 2.75) is 26.5 Å². The molecular formula is C27H26N2O2. The van der Waals surface area contributed by atoms with Gasteiger partial charge in [0.1, 0.15) is 12.6 Å². The number of carbonyl (C=O) groups excluding carboxylic acids is 1. The topological polar surface area (TPSA) is 45.3 Å². The van der Waals surface area contributed by atoms with Crippen molar-refractivity contribution in [1.82, 2.24) is 10.0 Å². The van der Waals surface area contributed by atoms with Crippen molar-refractivity contribution in [3.8, 4) is 0 Å². The van der Waals surface area contributed by atoms with Gasteiger partial charge in [0, 0.05) is 27.7 Å². The lowest BCUT2D eigenvalue weighted by Gasteiger charge is -2.32. The molecule has 0 saturated heterocycles. The smallest absolute Gasteiger partial charge is 0.273 e. The van der Waals surface area contributed by atoms with Gasteiger partial charge in [0.15, 0.2) is 0 Å². The van der Waals surface area contributed by atoms with E-state index in [0.717, 1.165) is 33.3 Å². The highest BCUT2D eigenvalue weighted by atomic mass is 16.7. The Balaban J connectivity index is 1.85. The fraction of sp³-hybridized carbons (Fsp3) is 0.148. The number of aromatic amines is 1. The van der Waals surface area contributed by atoms with Crippen LogP contribution in [0.25, 0.3) is 10.9 Å². The number of carbonyl (C=O) groups is 1. The summed E-state index contributed by atoms with van der Waals surface area (Å²) in [6, 6.07) is 27.5. The van der Waals surface area contributed by atoms with Gasteiger partial charge in [0.2, 0.25) is 0 Å². The van der Waals surface area contributed by atoms with E-state index in [0.29, 0.717) is 5.57 Å². The Labute approximate surface area is 182 Å². The largest absolute Gasteiger partial charge is 0.358 e. The summed E-state index contributed by atoms with van der Waals surface area (Å²) < 4.78 is 0. The fourth-order valence-corrected chi connectivity index (χ4v) is 3.86. The zero-order chi connectivity index (χ0) is 21.8. The molecule has 1 heterocycles. The predicted octanol–water partition coefficient (Wildman–Crippen LogP) is 6.10. The lowest BCUT2D eigenvalue weighted by molar-refractivity contribution is -0.198. The van der Waals surface area contributed by atoms with E-state index in [1.807, 2.05) is 85.8 Å². The van der Waals surface area contributed by atoms with Crippen LogP contribution in [0.3, 0.4) is 0 Å². The van der Waals surface area contributed by atoms with Gasteiger partial charge >= 0.3 is 0 Å². The van der Waals surface area contributed by atoms with Crippen molar-refractivity contribution in [3.05, 3.63) is 119 Å². The molecule has 31 heavy (non-hydrogen) atoms. The molecule has 1 N–H and O–H groups in total. The number of hydrogen-bond donors (Lipinski definition) is 1. The summed E-state index contributed by atoms with van der Waals surface area (Å²) in [5.41, 5.74) is 5.43. The number of rotatable bonds is 7. The summed E-state index contributed by atoms with van der Waals surface area (Å²) in [4.78, 5) is 23.0. The number of nitrogens with zero attached hydrogens (tertiary/aromatic N) is 1. The number of benzene rings is 3. The molecule has 1 unspecified atom stereocenters. The standard InChI is InChI=1S/C27H26N2O2/c1-19(2)27(30)29(31-18-21-12-6-4-7-13-21)26(22-14-8-5-9-15-22)25-20(3)28-24-17-11-10-16-23(24)25/h4-17,26,28H,1,18H2,2-3H3. The SMILES string of the molecule is C=C(C)C(=O)N(OCc1ccccc1)C(c1ccccc1)c1c(C)[nH]c2ccccc12. The maximum absolute atomic E-state index is 13.3. The molecule has 4 nitrogen and oxygen atoms in total. The first-order chi connectivity index (χ1) is 15.1. The molecule has 0 fully saturated rings. The Morgan fingerprint density at radius 3 is 2.26 bits per heavy atom. The lowest BCUT2D eigenvalue weighted by atomic mass is 9.95. The molecular weight excluding hydrogens is 384 g/mol. The maximum Gasteiger partial charge on any atom is 0.273 e. The summed E-state index contributed by atoms with van der Waals surface area (Å²) in [7, 11) is 0. The summed E-state index contributed by atoms with van der Waals surface area (Å²) >= 11 is 0. The first kappa shape index (κ1) is 20.6. The molecule has 1 aromatic heterocycles. The van der Waals surface area contributed by atoms with E-state index in [2.05, 4.69) is 17.6 Å². The molecule has 0 spiro atoms. The van der Waals surface area contributed by atoms with E-state index in [-0.39, 0.29) is 12.5 Å². The number of H-pyrrole nitrogens is 1. The molecule has 156 valence electrons. The molecule has 3 aromatic carbocycles. The number of fused-ring (bicyclic) bond motifs is 1. The number of amides is 1. The molecule has 0 aliphatic heterocycles. The first-order valence-corrected chi connectivity index (χ1v) is 10.3. The van der Waals surface area contributed by atoms with E-state index in [1.54, 1.807) is 6.92 Å². The van der Waals surface area contributed by atoms with E-state index >= 15 is 0 Å². The van der Waals surface area contributed by atoms with Gasteiger partial charge in [-0.05, 0) is 31.0 Å². The summed E-state index contributed by atoms with van der Waals surface area (Å²) in [5, 5.41) is 2.55. The fourth-order valence-electron chi connectivity index (χ4n) is 3.86. The van der Waals surface area contributed by atoms with E-state index < -0.39 is 6.04 Å². The Bertz CT molecular complexity index is 1200. The normalized spacial score (nSPS) is 11.9. The second-order valence-corrected chi connectivity index (χ2v) is 7.69. The third kappa shape index (κ3) is 4.30. The van der Waals surface area contributed by atoms with Gasteiger partial charge < -0.3 is 4.98 Å². The van der Waals surface area contributed by atoms with Gasteiger partial charge in [0.25, 0.3) is 5.91 Å². The minimum absolute atomic E-state index is 0.241. The number of aromatic nitrogens is 1. The minimum Gasteiger partial charge on any atom is -0.358 e. The van der Waals surface area contributed by atoms with Crippen LogP contribution in [0.4, 0.5) is 0 Å². The average Bonchev–Trinajstić information content (AvgIpc) is 3.13. The van der Waals surface area contributed by atoms with Crippen molar-refractivity contribution >= 4 is 16.8 Å². The van der Waals surface area contributed by atoms with Crippen LogP contribution in [0.15, 0.2) is 97.1 Å². The Morgan fingerprint density at radius 2 is 1.58 bits per heavy atom. The molecule has 4 rings (SSSR count). The molecule has 1 amide bonds. The molecule has 0 bridgehead atoms. The highest BCUT2D eigenvalue weighted by Crippen LogP contribution is 2.37. The number of nitrogens with one attached hydrogen (secondary N) is 1. The highest BCUT2D eigenvalue weighted by Gasteiger charge is 2.32. The lowest BCUT2D eigenvalue weighted by Crippen LogP contribution is -2.36. The molecule has 1 atom stereocenters. The van der Waals surface area contributed by atoms with Crippen LogP contribution in [0, 0.1) is 6.92 Å². The van der Waals surface area contributed by atoms with E-state index in [9.17, 15) is 4.79 Å². The predicted molar refractivity (Wildman–Crippen MR) is 124 cm³/mol. The molecule has 0 saturated carbocycles. The Morgan fingerprint density at radius 1 is 0.968 bits per heavy atom. The van der Waals surface area contributed by atoms with Gasteiger partial charge in [0.05, 0.1) is 0 Å². The number of aryl methyl sites for hydroxylation is 1. The van der Waals surface area contributed by atoms with Crippen molar-refractivity contribution in [2.75, 3.05) is 0 Å². The summed E-state index contributed by atoms with van der Waals surface area (Å²) in [6.45, 7) is 7.92. The Hall–Kier alpha value is -3.63. The number of hydrogen-bond acceptors (Lipinski definition) is 2. The number of para-hydroxylation sites is 1. The van der Waals surface area contributed by atoms with Crippen LogP contribution in [0.5, 0.6) is 0 Å². The van der Waals surface area contributed by atoms with Crippen molar-refractivity contribution in [1.29, 1.82) is 0 Å². The summed E-state index contributed by atoms with van der Waals surface area (Å²) in [5.74, 6) is -0.241. The molecule has 0 aliphatic carbocycles. The molecule has 0 radical (unpaired) electrons. The third-order valence-electron chi connectivity index (χ3n) is 5.35. The molecule has 0 aliphatic rings. The van der Waals surface area contributed by atoms with Gasteiger partial charge in [-0.3, -0.25) is 9.63 Å². The molecule has 4 heteroatoms. The molecule has 4 aromatic rings. The van der Waals surface area contributed by atoms with Crippen LogP contribution >= 0.6 is 0 Å². The quantitative estimate of drug-likeness (QED) is 0.295. The summed E-state index contributed by atoms with van der Waals surface area (Å²) in [6.07, 6.45) is 0. The van der Waals surface area contributed by atoms with Crippen LogP contribution in [0.1, 0.15) is 35.3 Å². The highest BCUT2D eigenvalue weighted by molar-refractivity contribution is 5.93. The van der Waals surface area contributed by atoms with Gasteiger partial charge in [-0.1, -0.05) is 85.4 Å². The third-order valence-corrected chi connectivity index (χ3v) is 5.35. The second kappa shape index (κ2) is 9.02. The monoisotopic (exact) mass is 410 g/mol. The van der Waals surface area contributed by atoms with Crippen LogP contribution in [-0.4, -0.2) is 16.0 Å². The van der Waals surface area contributed by atoms with Crippen LogP contribution < -0.4 is 0 Å². The Kier molecular flexibility index (Phi) is 6.01. The number of hydroxylamine groups is 2. The maximum atomic E-state index is 13.3. The van der Waals surface area contributed by atoms with E-state index in [1.165, 1.54) is 5.06 Å². The van der Waals surface area contributed by atoms with Gasteiger partial charge in [-0.25, -0.2) is 5.06 Å². The van der Waals surface area contributed by atoms with E-state index in [4.69, 9.17) is 4.84 Å². The average molecular weight is 411 g/mol. The zero-order valence-electron chi connectivity index (χ0n) is 17.8. The van der Waals surface area contributed by atoms with Crippen LogP contribution in [-0.2, 0) is 16.2 Å². The van der Waals surface area contributed by atoms with Crippen molar-refractivity contribution < 1.29 is 9.63 Å². The second-order valence-electron chi connectivity index (χ2n) is 7.69. The first-order valence-electron chi connectivity index (χ1n) is 10.3. The van der Waals surface area contributed by atoms with Gasteiger partial charge in [-0.15, -0.1) is 0 Å². The minimum atomic E-state index is -0.426. The zero-order valence-corrected chi connectivity index (χ0v) is 17.8. The van der Waals surface area contributed by atoms with Gasteiger partial charge in [-0.2, -0.15) is 0 Å². The van der Waals surface area contributed by atoms with Crippen LogP contribution in [0.2, 0.25) is 0 Å².